The fourth-order valence-electron chi connectivity index (χ4n) is 3.41. The van der Waals surface area contributed by atoms with Crippen LogP contribution in [0.3, 0.4) is 0 Å². The highest BCUT2D eigenvalue weighted by Crippen LogP contribution is 2.42. The molecule has 0 fully saturated rings. The van der Waals surface area contributed by atoms with E-state index in [4.69, 9.17) is 9.47 Å². The van der Waals surface area contributed by atoms with Gasteiger partial charge in [-0.05, 0) is 51.2 Å². The highest BCUT2D eigenvalue weighted by molar-refractivity contribution is 6.04. The lowest BCUT2D eigenvalue weighted by Gasteiger charge is -2.26. The molecule has 1 aromatic heterocycles. The predicted octanol–water partition coefficient (Wildman–Crippen LogP) is 4.84. The Hall–Kier alpha value is -1.93. The first-order valence-corrected chi connectivity index (χ1v) is 9.28. The van der Waals surface area contributed by atoms with Crippen LogP contribution in [0.2, 0.25) is 0 Å². The molecular weight excluding hydrogens is 373 g/mol. The summed E-state index contributed by atoms with van der Waals surface area (Å²) >= 11 is 0. The zero-order valence-electron chi connectivity index (χ0n) is 16.9. The second-order valence-electron chi connectivity index (χ2n) is 6.94. The third kappa shape index (κ3) is 4.38. The summed E-state index contributed by atoms with van der Waals surface area (Å²) in [6, 6.07) is 0. The summed E-state index contributed by atoms with van der Waals surface area (Å²) in [5.74, 6) is -0.340. The molecule has 1 aromatic rings. The first-order chi connectivity index (χ1) is 13.0. The highest BCUT2D eigenvalue weighted by atomic mass is 19.4. The standard InChI is InChI=1S/C20H27F3N2O3/c1-7-27-19(28-8-2)18-24-17(20(21,22)23)16(25(18)6)14-9-13(11(3)4)10-15(26)12(14)5/h13,19H,3,7-10H2,1-2,4-6H3. The molecule has 0 saturated carbocycles. The molecule has 0 saturated heterocycles. The first kappa shape index (κ1) is 22.4. The number of aromatic nitrogens is 2. The van der Waals surface area contributed by atoms with Crippen molar-refractivity contribution in [1.29, 1.82) is 0 Å². The van der Waals surface area contributed by atoms with E-state index >= 15 is 0 Å². The summed E-state index contributed by atoms with van der Waals surface area (Å²) in [5.41, 5.74) is 0.324. The Morgan fingerprint density at radius 2 is 1.86 bits per heavy atom. The summed E-state index contributed by atoms with van der Waals surface area (Å²) in [6.45, 7) is 11.2. The van der Waals surface area contributed by atoms with Crippen LogP contribution >= 0.6 is 0 Å². The van der Waals surface area contributed by atoms with Crippen molar-refractivity contribution in [2.45, 2.75) is 53.0 Å². The smallest absolute Gasteiger partial charge is 0.346 e. The zero-order chi connectivity index (χ0) is 21.2. The Morgan fingerprint density at radius 3 is 2.32 bits per heavy atom. The summed E-state index contributed by atoms with van der Waals surface area (Å²) in [4.78, 5) is 16.3. The predicted molar refractivity (Wildman–Crippen MR) is 99.3 cm³/mol. The number of nitrogens with zero attached hydrogens (tertiary/aromatic N) is 2. The summed E-state index contributed by atoms with van der Waals surface area (Å²) in [6.07, 6.45) is -5.13. The van der Waals surface area contributed by atoms with Crippen molar-refractivity contribution in [3.63, 3.8) is 0 Å². The Labute approximate surface area is 163 Å². The van der Waals surface area contributed by atoms with Crippen molar-refractivity contribution in [3.8, 4) is 0 Å². The zero-order valence-corrected chi connectivity index (χ0v) is 16.9. The molecule has 1 aliphatic rings. The van der Waals surface area contributed by atoms with Crippen molar-refractivity contribution in [2.75, 3.05) is 13.2 Å². The van der Waals surface area contributed by atoms with E-state index in [0.717, 1.165) is 5.57 Å². The van der Waals surface area contributed by atoms with E-state index in [2.05, 4.69) is 11.6 Å². The van der Waals surface area contributed by atoms with Gasteiger partial charge in [0.15, 0.2) is 17.3 Å². The highest BCUT2D eigenvalue weighted by Gasteiger charge is 2.42. The van der Waals surface area contributed by atoms with Crippen molar-refractivity contribution in [1.82, 2.24) is 9.55 Å². The number of carbonyl (C=O) groups is 1. The maximum Gasteiger partial charge on any atom is 0.435 e. The number of allylic oxidation sites excluding steroid dienone is 3. The van der Waals surface area contributed by atoms with E-state index in [0.29, 0.717) is 17.6 Å². The average molecular weight is 400 g/mol. The quantitative estimate of drug-likeness (QED) is 0.486. The van der Waals surface area contributed by atoms with Gasteiger partial charge in [0, 0.05) is 26.7 Å². The normalized spacial score (nSPS) is 18.3. The van der Waals surface area contributed by atoms with Crippen LogP contribution in [-0.4, -0.2) is 28.5 Å². The van der Waals surface area contributed by atoms with Crippen molar-refractivity contribution < 1.29 is 27.4 Å². The number of imidazole rings is 1. The molecule has 156 valence electrons. The van der Waals surface area contributed by atoms with Gasteiger partial charge in [0.2, 0.25) is 6.29 Å². The molecule has 1 aliphatic carbocycles. The lowest BCUT2D eigenvalue weighted by Crippen LogP contribution is -2.21. The average Bonchev–Trinajstić information content (AvgIpc) is 2.94. The molecule has 0 spiro atoms. The van der Waals surface area contributed by atoms with Crippen LogP contribution in [0.4, 0.5) is 13.2 Å². The largest absolute Gasteiger partial charge is 0.435 e. The molecule has 1 atom stereocenters. The van der Waals surface area contributed by atoms with Crippen LogP contribution in [0.5, 0.6) is 0 Å². The number of Topliss-reactive ketones (excluding diaryl/α,β-unsaturated/α-hetero) is 1. The Kier molecular flexibility index (Phi) is 6.88. The molecule has 1 heterocycles. The summed E-state index contributed by atoms with van der Waals surface area (Å²) in [5, 5.41) is 0. The number of rotatable bonds is 7. The van der Waals surface area contributed by atoms with Crippen molar-refractivity contribution >= 4 is 11.4 Å². The van der Waals surface area contributed by atoms with Gasteiger partial charge in [-0.25, -0.2) is 4.98 Å². The summed E-state index contributed by atoms with van der Waals surface area (Å²) in [7, 11) is 1.49. The Morgan fingerprint density at radius 1 is 1.29 bits per heavy atom. The molecule has 2 rings (SSSR count). The second kappa shape index (κ2) is 8.61. The Bertz CT molecular complexity index is 787. The minimum absolute atomic E-state index is 0.0243. The lowest BCUT2D eigenvalue weighted by molar-refractivity contribution is -0.149. The van der Waals surface area contributed by atoms with Gasteiger partial charge in [-0.2, -0.15) is 13.2 Å². The maximum atomic E-state index is 13.8. The minimum Gasteiger partial charge on any atom is -0.346 e. The molecule has 0 bridgehead atoms. The fraction of sp³-hybridized carbons (Fsp3) is 0.600. The van der Waals surface area contributed by atoms with Gasteiger partial charge in [-0.1, -0.05) is 12.2 Å². The van der Waals surface area contributed by atoms with E-state index < -0.39 is 18.2 Å². The van der Waals surface area contributed by atoms with Gasteiger partial charge in [0.05, 0.1) is 5.69 Å². The number of hydrogen-bond donors (Lipinski definition) is 0. The van der Waals surface area contributed by atoms with E-state index in [9.17, 15) is 18.0 Å². The van der Waals surface area contributed by atoms with Crippen LogP contribution in [-0.2, 0) is 27.5 Å². The molecule has 5 nitrogen and oxygen atoms in total. The molecule has 0 amide bonds. The Balaban J connectivity index is 2.70. The number of halogens is 3. The van der Waals surface area contributed by atoms with Gasteiger partial charge >= 0.3 is 6.18 Å². The molecule has 0 aromatic carbocycles. The van der Waals surface area contributed by atoms with Crippen LogP contribution in [0, 0.1) is 5.92 Å². The molecule has 1 unspecified atom stereocenters. The summed E-state index contributed by atoms with van der Waals surface area (Å²) < 4.78 is 53.7. The van der Waals surface area contributed by atoms with E-state index in [1.807, 2.05) is 0 Å². The number of hydrogen-bond acceptors (Lipinski definition) is 4. The number of carbonyl (C=O) groups excluding carboxylic acids is 1. The molecular formula is C20H27F3N2O3. The molecule has 8 heteroatoms. The number of alkyl halides is 3. The van der Waals surface area contributed by atoms with Crippen LogP contribution in [0.15, 0.2) is 17.7 Å². The maximum absolute atomic E-state index is 13.8. The van der Waals surface area contributed by atoms with Crippen LogP contribution < -0.4 is 0 Å². The van der Waals surface area contributed by atoms with Gasteiger partial charge in [0.25, 0.3) is 0 Å². The van der Waals surface area contributed by atoms with Gasteiger partial charge in [-0.15, -0.1) is 0 Å². The van der Waals surface area contributed by atoms with Crippen molar-refractivity contribution in [3.05, 3.63) is 34.9 Å². The van der Waals surface area contributed by atoms with E-state index in [1.165, 1.54) is 11.6 Å². The van der Waals surface area contributed by atoms with E-state index in [-0.39, 0.29) is 42.9 Å². The molecule has 0 aliphatic heterocycles. The van der Waals surface area contributed by atoms with Crippen molar-refractivity contribution in [2.24, 2.45) is 13.0 Å². The number of ketones is 1. The molecule has 0 radical (unpaired) electrons. The van der Waals surface area contributed by atoms with E-state index in [1.54, 1.807) is 27.7 Å². The SMILES string of the molecule is C=C(C)C1CC(=O)C(C)=C(c2c(C(F)(F)F)nc(C(OCC)OCC)n2C)C1. The van der Waals surface area contributed by atoms with Crippen LogP contribution in [0.1, 0.15) is 64.0 Å². The monoisotopic (exact) mass is 400 g/mol. The van der Waals surface area contributed by atoms with Gasteiger partial charge < -0.3 is 14.0 Å². The van der Waals surface area contributed by atoms with Gasteiger partial charge in [0.1, 0.15) is 0 Å². The van der Waals surface area contributed by atoms with Crippen LogP contribution in [0.25, 0.3) is 5.57 Å². The fourth-order valence-corrected chi connectivity index (χ4v) is 3.41. The second-order valence-corrected chi connectivity index (χ2v) is 6.94. The van der Waals surface area contributed by atoms with Gasteiger partial charge in [-0.3, -0.25) is 4.79 Å². The lowest BCUT2D eigenvalue weighted by atomic mass is 9.79. The molecule has 0 N–H and O–H groups in total. The first-order valence-electron chi connectivity index (χ1n) is 9.28. The minimum atomic E-state index is -4.68. The third-order valence-electron chi connectivity index (χ3n) is 4.98. The third-order valence-corrected chi connectivity index (χ3v) is 4.98. The topological polar surface area (TPSA) is 53.4 Å². The molecule has 28 heavy (non-hydrogen) atoms. The number of ether oxygens (including phenoxy) is 2.